The third-order valence-corrected chi connectivity index (χ3v) is 4.12. The lowest BCUT2D eigenvalue weighted by atomic mass is 10.1. The highest BCUT2D eigenvalue weighted by Crippen LogP contribution is 2.20. The van der Waals surface area contributed by atoms with Crippen molar-refractivity contribution in [2.24, 2.45) is 0 Å². The Morgan fingerprint density at radius 2 is 2.24 bits per heavy atom. The van der Waals surface area contributed by atoms with Crippen molar-refractivity contribution in [2.45, 2.75) is 25.4 Å². The molecule has 1 fully saturated rings. The fraction of sp³-hybridized carbons (Fsp3) is 0.375. The first-order chi connectivity index (χ1) is 10.2. The van der Waals surface area contributed by atoms with E-state index in [9.17, 15) is 9.59 Å². The van der Waals surface area contributed by atoms with E-state index in [-0.39, 0.29) is 17.5 Å². The van der Waals surface area contributed by atoms with E-state index in [0.717, 1.165) is 30.3 Å². The SMILES string of the molecule is CNC(=O)C1CCCN1Cc1cc2ccccc2[nH]c1=O. The lowest BCUT2D eigenvalue weighted by Gasteiger charge is -2.22. The van der Waals surface area contributed by atoms with Gasteiger partial charge in [0.25, 0.3) is 5.56 Å². The second-order valence-corrected chi connectivity index (χ2v) is 5.45. The van der Waals surface area contributed by atoms with Gasteiger partial charge >= 0.3 is 0 Å². The molecule has 21 heavy (non-hydrogen) atoms. The molecular formula is C16H19N3O2. The Labute approximate surface area is 123 Å². The van der Waals surface area contributed by atoms with Gasteiger partial charge in [-0.2, -0.15) is 0 Å². The van der Waals surface area contributed by atoms with Crippen LogP contribution in [-0.2, 0) is 11.3 Å². The van der Waals surface area contributed by atoms with Crippen LogP contribution in [0.1, 0.15) is 18.4 Å². The van der Waals surface area contributed by atoms with Gasteiger partial charge in [-0.1, -0.05) is 18.2 Å². The van der Waals surface area contributed by atoms with Crippen molar-refractivity contribution >= 4 is 16.8 Å². The van der Waals surface area contributed by atoms with E-state index in [4.69, 9.17) is 0 Å². The molecule has 0 spiro atoms. The van der Waals surface area contributed by atoms with Crippen molar-refractivity contribution in [3.8, 4) is 0 Å². The molecule has 0 saturated carbocycles. The monoisotopic (exact) mass is 285 g/mol. The Hall–Kier alpha value is -2.14. The Kier molecular flexibility index (Phi) is 3.75. The molecule has 1 aromatic heterocycles. The summed E-state index contributed by atoms with van der Waals surface area (Å²) >= 11 is 0. The first kappa shape index (κ1) is 13.8. The van der Waals surface area contributed by atoms with E-state index in [1.807, 2.05) is 30.3 Å². The standard InChI is InChI=1S/C16H19N3O2/c1-17-16(21)14-7-4-8-19(14)10-12-9-11-5-2-3-6-13(11)18-15(12)20/h2-3,5-6,9,14H,4,7-8,10H2,1H3,(H,17,21)(H,18,20). The Balaban J connectivity index is 1.89. The molecule has 1 amide bonds. The summed E-state index contributed by atoms with van der Waals surface area (Å²) in [5.41, 5.74) is 1.48. The molecular weight excluding hydrogens is 266 g/mol. The fourth-order valence-corrected chi connectivity index (χ4v) is 3.01. The van der Waals surface area contributed by atoms with Crippen LogP contribution in [0.25, 0.3) is 10.9 Å². The number of likely N-dealkylation sites (tertiary alicyclic amines) is 1. The minimum Gasteiger partial charge on any atom is -0.358 e. The molecule has 110 valence electrons. The smallest absolute Gasteiger partial charge is 0.252 e. The zero-order chi connectivity index (χ0) is 14.8. The number of para-hydroxylation sites is 1. The van der Waals surface area contributed by atoms with E-state index in [2.05, 4.69) is 15.2 Å². The van der Waals surface area contributed by atoms with Crippen LogP contribution >= 0.6 is 0 Å². The number of H-pyrrole nitrogens is 1. The zero-order valence-corrected chi connectivity index (χ0v) is 12.1. The van der Waals surface area contributed by atoms with E-state index in [1.165, 1.54) is 0 Å². The maximum Gasteiger partial charge on any atom is 0.252 e. The van der Waals surface area contributed by atoms with Gasteiger partial charge in [-0.25, -0.2) is 0 Å². The zero-order valence-electron chi connectivity index (χ0n) is 12.1. The number of carbonyl (C=O) groups excluding carboxylic acids is 1. The lowest BCUT2D eigenvalue weighted by molar-refractivity contribution is -0.125. The van der Waals surface area contributed by atoms with Crippen molar-refractivity contribution in [3.63, 3.8) is 0 Å². The molecule has 1 aromatic carbocycles. The number of likely N-dealkylation sites (N-methyl/N-ethyl adjacent to an activating group) is 1. The summed E-state index contributed by atoms with van der Waals surface area (Å²) in [5.74, 6) is 0.0321. The number of nitrogens with zero attached hydrogens (tertiary/aromatic N) is 1. The first-order valence-electron chi connectivity index (χ1n) is 7.25. The Bertz CT molecular complexity index is 723. The van der Waals surface area contributed by atoms with Crippen LogP contribution in [-0.4, -0.2) is 35.4 Å². The van der Waals surface area contributed by atoms with Gasteiger partial charge in [0.2, 0.25) is 5.91 Å². The maximum atomic E-state index is 12.2. The highest BCUT2D eigenvalue weighted by Gasteiger charge is 2.30. The quantitative estimate of drug-likeness (QED) is 0.891. The van der Waals surface area contributed by atoms with E-state index in [1.54, 1.807) is 7.05 Å². The molecule has 5 nitrogen and oxygen atoms in total. The number of carbonyl (C=O) groups is 1. The summed E-state index contributed by atoms with van der Waals surface area (Å²) < 4.78 is 0. The molecule has 0 bridgehead atoms. The molecule has 2 heterocycles. The second-order valence-electron chi connectivity index (χ2n) is 5.45. The minimum absolute atomic E-state index is 0.0321. The van der Waals surface area contributed by atoms with Gasteiger partial charge in [-0.15, -0.1) is 0 Å². The largest absolute Gasteiger partial charge is 0.358 e. The summed E-state index contributed by atoms with van der Waals surface area (Å²) in [4.78, 5) is 29.0. The molecule has 0 aliphatic carbocycles. The van der Waals surface area contributed by atoms with Crippen molar-refractivity contribution in [2.75, 3.05) is 13.6 Å². The number of nitrogens with one attached hydrogen (secondary N) is 2. The number of hydrogen-bond donors (Lipinski definition) is 2. The summed E-state index contributed by atoms with van der Waals surface area (Å²) in [6.07, 6.45) is 1.84. The number of pyridine rings is 1. The van der Waals surface area contributed by atoms with Crippen molar-refractivity contribution in [1.29, 1.82) is 0 Å². The predicted molar refractivity (Wildman–Crippen MR) is 82.1 cm³/mol. The number of rotatable bonds is 3. The molecule has 0 radical (unpaired) electrons. The van der Waals surface area contributed by atoms with Crippen LogP contribution < -0.4 is 10.9 Å². The molecule has 3 rings (SSSR count). The van der Waals surface area contributed by atoms with Crippen molar-refractivity contribution in [1.82, 2.24) is 15.2 Å². The van der Waals surface area contributed by atoms with E-state index >= 15 is 0 Å². The average molecular weight is 285 g/mol. The van der Waals surface area contributed by atoms with Gasteiger partial charge < -0.3 is 10.3 Å². The van der Waals surface area contributed by atoms with Crippen LogP contribution in [0.2, 0.25) is 0 Å². The summed E-state index contributed by atoms with van der Waals surface area (Å²) in [6, 6.07) is 9.53. The van der Waals surface area contributed by atoms with Gasteiger partial charge in [0.05, 0.1) is 6.04 Å². The van der Waals surface area contributed by atoms with Gasteiger partial charge in [-0.05, 0) is 36.9 Å². The third-order valence-electron chi connectivity index (χ3n) is 4.12. The number of amides is 1. The lowest BCUT2D eigenvalue weighted by Crippen LogP contribution is -2.42. The van der Waals surface area contributed by atoms with Crippen LogP contribution in [0, 0.1) is 0 Å². The predicted octanol–water partition coefficient (Wildman–Crippen LogP) is 1.24. The normalized spacial score (nSPS) is 19.0. The first-order valence-corrected chi connectivity index (χ1v) is 7.25. The van der Waals surface area contributed by atoms with E-state index < -0.39 is 0 Å². The number of aromatic amines is 1. The molecule has 2 N–H and O–H groups in total. The van der Waals surface area contributed by atoms with Crippen LogP contribution in [0.5, 0.6) is 0 Å². The van der Waals surface area contributed by atoms with Crippen LogP contribution in [0.15, 0.2) is 35.1 Å². The number of aromatic nitrogens is 1. The number of fused-ring (bicyclic) bond motifs is 1. The Morgan fingerprint density at radius 3 is 3.05 bits per heavy atom. The van der Waals surface area contributed by atoms with Crippen LogP contribution in [0.4, 0.5) is 0 Å². The van der Waals surface area contributed by atoms with Crippen molar-refractivity contribution < 1.29 is 4.79 Å². The second kappa shape index (κ2) is 5.69. The summed E-state index contributed by atoms with van der Waals surface area (Å²) in [6.45, 7) is 1.36. The highest BCUT2D eigenvalue weighted by molar-refractivity contribution is 5.82. The van der Waals surface area contributed by atoms with Gasteiger partial charge in [0.1, 0.15) is 0 Å². The maximum absolute atomic E-state index is 12.2. The number of benzene rings is 1. The van der Waals surface area contributed by atoms with Gasteiger partial charge in [-0.3, -0.25) is 14.5 Å². The molecule has 1 atom stereocenters. The highest BCUT2D eigenvalue weighted by atomic mass is 16.2. The van der Waals surface area contributed by atoms with Gasteiger partial charge in [0, 0.05) is 24.7 Å². The topological polar surface area (TPSA) is 65.2 Å². The average Bonchev–Trinajstić information content (AvgIpc) is 2.95. The molecule has 2 aromatic rings. The van der Waals surface area contributed by atoms with Crippen LogP contribution in [0.3, 0.4) is 0 Å². The molecule has 1 saturated heterocycles. The molecule has 1 unspecified atom stereocenters. The Morgan fingerprint density at radius 1 is 1.43 bits per heavy atom. The summed E-state index contributed by atoms with van der Waals surface area (Å²) in [7, 11) is 1.65. The fourth-order valence-electron chi connectivity index (χ4n) is 3.01. The van der Waals surface area contributed by atoms with E-state index in [0.29, 0.717) is 12.1 Å². The molecule has 5 heteroatoms. The van der Waals surface area contributed by atoms with Crippen molar-refractivity contribution in [3.05, 3.63) is 46.2 Å². The summed E-state index contributed by atoms with van der Waals surface area (Å²) in [5, 5.41) is 3.72. The van der Waals surface area contributed by atoms with Gasteiger partial charge in [0.15, 0.2) is 0 Å². The molecule has 1 aliphatic rings. The molecule has 1 aliphatic heterocycles. The minimum atomic E-state index is -0.124. The number of hydrogen-bond acceptors (Lipinski definition) is 3. The third kappa shape index (κ3) is 2.69.